The minimum atomic E-state index is -0.881. The maximum atomic E-state index is 9.76. The molecule has 76 valence electrons. The maximum Gasteiger partial charge on any atom is 0.161 e. The highest BCUT2D eigenvalue weighted by Gasteiger charge is 2.33. The van der Waals surface area contributed by atoms with Crippen LogP contribution >= 0.6 is 0 Å². The quantitative estimate of drug-likeness (QED) is 0.738. The van der Waals surface area contributed by atoms with Crippen LogP contribution in [-0.4, -0.2) is 23.4 Å². The fourth-order valence-electron chi connectivity index (χ4n) is 1.37. The molecule has 0 saturated carbocycles. The second kappa shape index (κ2) is 3.17. The van der Waals surface area contributed by atoms with Gasteiger partial charge < -0.3 is 14.6 Å². The molecule has 1 heterocycles. The molecular formula is C11H14O3. The van der Waals surface area contributed by atoms with E-state index in [1.807, 2.05) is 24.3 Å². The normalized spacial score (nSPS) is 20.6. The monoisotopic (exact) mass is 194 g/mol. The Bertz CT molecular complexity index is 328. The van der Waals surface area contributed by atoms with E-state index in [2.05, 4.69) is 0 Å². The molecule has 0 radical (unpaired) electrons. The van der Waals surface area contributed by atoms with Crippen molar-refractivity contribution >= 4 is 0 Å². The number of rotatable bonds is 1. The SMILES string of the molecule is CC(C)(O)C1COc2ccccc2O1. The van der Waals surface area contributed by atoms with Crippen molar-refractivity contribution in [2.24, 2.45) is 0 Å². The van der Waals surface area contributed by atoms with Crippen molar-refractivity contribution in [1.82, 2.24) is 0 Å². The standard InChI is InChI=1S/C11H14O3/c1-11(2,12)10-7-13-8-5-3-4-6-9(8)14-10/h3-6,10,12H,7H2,1-2H3. The predicted octanol–water partition coefficient (Wildman–Crippen LogP) is 1.60. The zero-order chi connectivity index (χ0) is 10.2. The summed E-state index contributed by atoms with van der Waals surface area (Å²) in [5.74, 6) is 1.44. The van der Waals surface area contributed by atoms with E-state index in [1.165, 1.54) is 0 Å². The number of hydrogen-bond donors (Lipinski definition) is 1. The zero-order valence-electron chi connectivity index (χ0n) is 8.36. The Kier molecular flexibility index (Phi) is 2.11. The van der Waals surface area contributed by atoms with Gasteiger partial charge in [0, 0.05) is 0 Å². The van der Waals surface area contributed by atoms with Gasteiger partial charge in [-0.3, -0.25) is 0 Å². The average Bonchev–Trinajstić information content (AvgIpc) is 2.16. The van der Waals surface area contributed by atoms with Crippen LogP contribution in [0.2, 0.25) is 0 Å². The third-order valence-electron chi connectivity index (χ3n) is 2.30. The van der Waals surface area contributed by atoms with E-state index in [4.69, 9.17) is 9.47 Å². The lowest BCUT2D eigenvalue weighted by Gasteiger charge is -2.33. The Morgan fingerprint density at radius 2 is 1.93 bits per heavy atom. The number of benzene rings is 1. The van der Waals surface area contributed by atoms with Gasteiger partial charge in [-0.05, 0) is 26.0 Å². The summed E-state index contributed by atoms with van der Waals surface area (Å²) in [5, 5.41) is 9.76. The lowest BCUT2D eigenvalue weighted by Crippen LogP contribution is -2.46. The molecule has 1 N–H and O–H groups in total. The maximum absolute atomic E-state index is 9.76. The number of hydrogen-bond acceptors (Lipinski definition) is 3. The Morgan fingerprint density at radius 3 is 2.57 bits per heavy atom. The van der Waals surface area contributed by atoms with E-state index in [-0.39, 0.29) is 6.10 Å². The van der Waals surface area contributed by atoms with Crippen molar-refractivity contribution in [2.75, 3.05) is 6.61 Å². The number of fused-ring (bicyclic) bond motifs is 1. The summed E-state index contributed by atoms with van der Waals surface area (Å²) in [6.07, 6.45) is -0.308. The fraction of sp³-hybridized carbons (Fsp3) is 0.455. The molecule has 3 heteroatoms. The lowest BCUT2D eigenvalue weighted by molar-refractivity contribution is -0.0653. The molecule has 0 bridgehead atoms. The van der Waals surface area contributed by atoms with Gasteiger partial charge in [0.25, 0.3) is 0 Å². The second-order valence-corrected chi connectivity index (χ2v) is 4.02. The van der Waals surface area contributed by atoms with E-state index < -0.39 is 5.60 Å². The van der Waals surface area contributed by atoms with E-state index in [0.717, 1.165) is 5.75 Å². The Labute approximate surface area is 83.3 Å². The van der Waals surface area contributed by atoms with E-state index >= 15 is 0 Å². The van der Waals surface area contributed by atoms with Gasteiger partial charge in [-0.25, -0.2) is 0 Å². The van der Waals surface area contributed by atoms with Crippen molar-refractivity contribution in [3.63, 3.8) is 0 Å². The predicted molar refractivity (Wildman–Crippen MR) is 52.7 cm³/mol. The van der Waals surface area contributed by atoms with Crippen molar-refractivity contribution in [2.45, 2.75) is 25.6 Å². The van der Waals surface area contributed by atoms with Crippen molar-refractivity contribution < 1.29 is 14.6 Å². The van der Waals surface area contributed by atoms with Gasteiger partial charge >= 0.3 is 0 Å². The molecule has 1 aromatic rings. The summed E-state index contributed by atoms with van der Waals surface area (Å²) in [4.78, 5) is 0. The van der Waals surface area contributed by atoms with Crippen LogP contribution in [-0.2, 0) is 0 Å². The van der Waals surface area contributed by atoms with Crippen LogP contribution in [0.1, 0.15) is 13.8 Å². The third kappa shape index (κ3) is 1.68. The molecule has 1 aliphatic heterocycles. The molecule has 0 saturated heterocycles. The second-order valence-electron chi connectivity index (χ2n) is 4.02. The van der Waals surface area contributed by atoms with Gasteiger partial charge in [0.15, 0.2) is 17.6 Å². The summed E-state index contributed by atoms with van der Waals surface area (Å²) in [5.41, 5.74) is -0.881. The van der Waals surface area contributed by atoms with Crippen LogP contribution in [0.15, 0.2) is 24.3 Å². The number of ether oxygens (including phenoxy) is 2. The highest BCUT2D eigenvalue weighted by atomic mass is 16.6. The van der Waals surface area contributed by atoms with Crippen molar-refractivity contribution in [1.29, 1.82) is 0 Å². The third-order valence-corrected chi connectivity index (χ3v) is 2.30. The van der Waals surface area contributed by atoms with Crippen LogP contribution in [0.5, 0.6) is 11.5 Å². The first-order valence-electron chi connectivity index (χ1n) is 4.68. The molecule has 0 spiro atoms. The molecule has 0 fully saturated rings. The summed E-state index contributed by atoms with van der Waals surface area (Å²) < 4.78 is 11.1. The summed E-state index contributed by atoms with van der Waals surface area (Å²) in [6.45, 7) is 3.82. The van der Waals surface area contributed by atoms with Crippen LogP contribution in [0, 0.1) is 0 Å². The summed E-state index contributed by atoms with van der Waals surface area (Å²) in [6, 6.07) is 7.48. The van der Waals surface area contributed by atoms with Gasteiger partial charge in [0.1, 0.15) is 6.61 Å². The van der Waals surface area contributed by atoms with Gasteiger partial charge in [0.2, 0.25) is 0 Å². The highest BCUT2D eigenvalue weighted by molar-refractivity contribution is 5.40. The minimum absolute atomic E-state index is 0.308. The zero-order valence-corrected chi connectivity index (χ0v) is 8.36. The Morgan fingerprint density at radius 1 is 1.29 bits per heavy atom. The number of para-hydroxylation sites is 2. The van der Waals surface area contributed by atoms with E-state index in [0.29, 0.717) is 12.4 Å². The topological polar surface area (TPSA) is 38.7 Å². The first kappa shape index (κ1) is 9.34. The molecular weight excluding hydrogens is 180 g/mol. The fourth-order valence-corrected chi connectivity index (χ4v) is 1.37. The molecule has 1 aromatic carbocycles. The molecule has 3 nitrogen and oxygen atoms in total. The van der Waals surface area contributed by atoms with Crippen molar-refractivity contribution in [3.05, 3.63) is 24.3 Å². The van der Waals surface area contributed by atoms with Crippen LogP contribution in [0.3, 0.4) is 0 Å². The van der Waals surface area contributed by atoms with Crippen LogP contribution < -0.4 is 9.47 Å². The number of aliphatic hydroxyl groups is 1. The molecule has 1 unspecified atom stereocenters. The Hall–Kier alpha value is -1.22. The molecule has 2 rings (SSSR count). The first-order valence-corrected chi connectivity index (χ1v) is 4.68. The molecule has 0 aromatic heterocycles. The molecule has 0 aliphatic carbocycles. The molecule has 0 amide bonds. The van der Waals surface area contributed by atoms with Gasteiger partial charge in [0.05, 0.1) is 5.60 Å². The summed E-state index contributed by atoms with van der Waals surface area (Å²) >= 11 is 0. The summed E-state index contributed by atoms with van der Waals surface area (Å²) in [7, 11) is 0. The average molecular weight is 194 g/mol. The molecule has 1 atom stereocenters. The molecule has 1 aliphatic rings. The minimum Gasteiger partial charge on any atom is -0.486 e. The van der Waals surface area contributed by atoms with Gasteiger partial charge in [-0.2, -0.15) is 0 Å². The Balaban J connectivity index is 2.22. The van der Waals surface area contributed by atoms with E-state index in [1.54, 1.807) is 13.8 Å². The largest absolute Gasteiger partial charge is 0.486 e. The smallest absolute Gasteiger partial charge is 0.161 e. The highest BCUT2D eigenvalue weighted by Crippen LogP contribution is 2.33. The van der Waals surface area contributed by atoms with Gasteiger partial charge in [-0.1, -0.05) is 12.1 Å². The van der Waals surface area contributed by atoms with Crippen LogP contribution in [0.25, 0.3) is 0 Å². The van der Waals surface area contributed by atoms with Crippen LogP contribution in [0.4, 0.5) is 0 Å². The lowest BCUT2D eigenvalue weighted by atomic mass is 10.0. The first-order chi connectivity index (χ1) is 6.57. The molecule has 14 heavy (non-hydrogen) atoms. The van der Waals surface area contributed by atoms with Crippen molar-refractivity contribution in [3.8, 4) is 11.5 Å². The van der Waals surface area contributed by atoms with E-state index in [9.17, 15) is 5.11 Å². The van der Waals surface area contributed by atoms with Gasteiger partial charge in [-0.15, -0.1) is 0 Å².